The maximum atomic E-state index is 15.0. The summed E-state index contributed by atoms with van der Waals surface area (Å²) in [6.07, 6.45) is 2.90. The normalized spacial score (nSPS) is 19.8. The van der Waals surface area contributed by atoms with E-state index in [1.807, 2.05) is 13.8 Å². The molecule has 194 valence electrons. The minimum atomic E-state index is -0.568. The lowest BCUT2D eigenvalue weighted by atomic mass is 10.0. The van der Waals surface area contributed by atoms with E-state index in [0.29, 0.717) is 42.7 Å². The number of halogens is 2. The van der Waals surface area contributed by atoms with Gasteiger partial charge in [0.05, 0.1) is 18.4 Å². The summed E-state index contributed by atoms with van der Waals surface area (Å²) in [6.45, 7) is 9.39. The van der Waals surface area contributed by atoms with E-state index >= 15 is 4.39 Å². The highest BCUT2D eigenvalue weighted by Gasteiger charge is 2.30. The number of aromatic nitrogens is 2. The number of nitrogens with zero attached hydrogens (tertiary/aromatic N) is 5. The van der Waals surface area contributed by atoms with Crippen LogP contribution in [0.25, 0.3) is 11.3 Å². The van der Waals surface area contributed by atoms with Gasteiger partial charge in [-0.05, 0) is 62.7 Å². The molecule has 0 spiro atoms. The van der Waals surface area contributed by atoms with E-state index in [0.717, 1.165) is 31.7 Å². The molecule has 1 aromatic heterocycles. The largest absolute Gasteiger partial charge is 0.486 e. The number of fused-ring (bicyclic) bond motifs is 2. The number of likely N-dealkylation sites (N-methyl/N-ethyl adjacent to an activating group) is 1. The van der Waals surface area contributed by atoms with Crippen molar-refractivity contribution in [2.24, 2.45) is 0 Å². The molecule has 0 radical (unpaired) electrons. The van der Waals surface area contributed by atoms with E-state index < -0.39 is 11.6 Å². The first-order chi connectivity index (χ1) is 17.9. The molecular formula is C29H33F2N5O. The summed E-state index contributed by atoms with van der Waals surface area (Å²) in [7, 11) is 2.19. The third kappa shape index (κ3) is 4.68. The third-order valence-corrected chi connectivity index (χ3v) is 7.87. The fourth-order valence-electron chi connectivity index (χ4n) is 5.90. The summed E-state index contributed by atoms with van der Waals surface area (Å²) in [4.78, 5) is 15.8. The van der Waals surface area contributed by atoms with Crippen LogP contribution in [0.15, 0.2) is 36.5 Å². The lowest BCUT2D eigenvalue weighted by Crippen LogP contribution is -2.38. The zero-order valence-corrected chi connectivity index (χ0v) is 21.7. The number of rotatable bonds is 5. The summed E-state index contributed by atoms with van der Waals surface area (Å²) in [5.41, 5.74) is 4.95. The molecule has 1 fully saturated rings. The van der Waals surface area contributed by atoms with Gasteiger partial charge in [0.1, 0.15) is 18.1 Å². The monoisotopic (exact) mass is 505 g/mol. The number of ether oxygens (including phenoxy) is 1. The van der Waals surface area contributed by atoms with Crippen molar-refractivity contribution in [2.75, 3.05) is 38.2 Å². The molecule has 2 aromatic carbocycles. The van der Waals surface area contributed by atoms with Gasteiger partial charge in [0.15, 0.2) is 17.4 Å². The van der Waals surface area contributed by atoms with Crippen LogP contribution in [-0.4, -0.2) is 65.1 Å². The molecule has 1 atom stereocenters. The Bertz CT molecular complexity index is 1330. The van der Waals surface area contributed by atoms with Crippen molar-refractivity contribution < 1.29 is 13.5 Å². The maximum Gasteiger partial charge on any atom is 0.178 e. The SMILES string of the molecule is CC(C)N1CCOc2c(F)cc(-c3nc(Cc4ccc5c(c4)CN(C4CCN(C)C4)C5)ncc3F)cc21. The van der Waals surface area contributed by atoms with Crippen LogP contribution in [0.5, 0.6) is 5.75 Å². The molecule has 8 heteroatoms. The summed E-state index contributed by atoms with van der Waals surface area (Å²) < 4.78 is 35.5. The van der Waals surface area contributed by atoms with Gasteiger partial charge < -0.3 is 14.5 Å². The van der Waals surface area contributed by atoms with Gasteiger partial charge in [-0.15, -0.1) is 0 Å². The van der Waals surface area contributed by atoms with Gasteiger partial charge in [0, 0.05) is 43.7 Å². The Kier molecular flexibility index (Phi) is 6.32. The Morgan fingerprint density at radius 1 is 1.05 bits per heavy atom. The van der Waals surface area contributed by atoms with Crippen molar-refractivity contribution in [3.63, 3.8) is 0 Å². The first-order valence-electron chi connectivity index (χ1n) is 13.1. The molecule has 37 heavy (non-hydrogen) atoms. The average molecular weight is 506 g/mol. The molecule has 3 aliphatic heterocycles. The molecule has 0 aliphatic carbocycles. The highest BCUT2D eigenvalue weighted by molar-refractivity contribution is 5.72. The topological polar surface area (TPSA) is 44.7 Å². The molecule has 0 amide bonds. The molecule has 6 rings (SSSR count). The van der Waals surface area contributed by atoms with E-state index in [9.17, 15) is 4.39 Å². The van der Waals surface area contributed by atoms with E-state index in [4.69, 9.17) is 4.74 Å². The van der Waals surface area contributed by atoms with Gasteiger partial charge in [-0.1, -0.05) is 18.2 Å². The highest BCUT2D eigenvalue weighted by Crippen LogP contribution is 2.39. The van der Waals surface area contributed by atoms with Gasteiger partial charge in [-0.25, -0.2) is 18.7 Å². The third-order valence-electron chi connectivity index (χ3n) is 7.87. The average Bonchev–Trinajstić information content (AvgIpc) is 3.50. The van der Waals surface area contributed by atoms with Crippen LogP contribution in [-0.2, 0) is 19.5 Å². The van der Waals surface area contributed by atoms with Crippen molar-refractivity contribution in [1.82, 2.24) is 19.8 Å². The minimum Gasteiger partial charge on any atom is -0.486 e. The van der Waals surface area contributed by atoms with Gasteiger partial charge in [-0.2, -0.15) is 0 Å². The van der Waals surface area contributed by atoms with E-state index in [-0.39, 0.29) is 17.5 Å². The predicted octanol–water partition coefficient (Wildman–Crippen LogP) is 4.64. The molecule has 3 aliphatic rings. The summed E-state index contributed by atoms with van der Waals surface area (Å²) in [6, 6.07) is 10.4. The molecular weight excluding hydrogens is 472 g/mol. The van der Waals surface area contributed by atoms with Crippen LogP contribution in [0.4, 0.5) is 14.5 Å². The highest BCUT2D eigenvalue weighted by atomic mass is 19.1. The number of hydrogen-bond donors (Lipinski definition) is 0. The Balaban J connectivity index is 1.25. The van der Waals surface area contributed by atoms with Gasteiger partial charge >= 0.3 is 0 Å². The van der Waals surface area contributed by atoms with Crippen LogP contribution in [0, 0.1) is 11.6 Å². The summed E-state index contributed by atoms with van der Waals surface area (Å²) >= 11 is 0. The van der Waals surface area contributed by atoms with Gasteiger partial charge in [-0.3, -0.25) is 4.90 Å². The second-order valence-corrected chi connectivity index (χ2v) is 10.8. The lowest BCUT2D eigenvalue weighted by molar-refractivity contribution is 0.201. The fourth-order valence-corrected chi connectivity index (χ4v) is 5.90. The van der Waals surface area contributed by atoms with Crippen molar-refractivity contribution in [3.05, 3.63) is 70.7 Å². The van der Waals surface area contributed by atoms with Crippen molar-refractivity contribution in [1.29, 1.82) is 0 Å². The molecule has 0 bridgehead atoms. The van der Waals surface area contributed by atoms with Crippen LogP contribution in [0.1, 0.15) is 42.8 Å². The van der Waals surface area contributed by atoms with E-state index in [2.05, 4.69) is 49.9 Å². The smallest absolute Gasteiger partial charge is 0.178 e. The Hall–Kier alpha value is -3.10. The number of anilines is 1. The quantitative estimate of drug-likeness (QED) is 0.504. The molecule has 0 N–H and O–H groups in total. The van der Waals surface area contributed by atoms with Gasteiger partial charge in [0.25, 0.3) is 0 Å². The summed E-state index contributed by atoms with van der Waals surface area (Å²) in [5.74, 6) is -0.343. The molecule has 6 nitrogen and oxygen atoms in total. The number of likely N-dealkylation sites (tertiary alicyclic amines) is 1. The standard InChI is InChI=1S/C29H33F2N5O/c1-18(2)36-8-9-37-29-24(30)12-21(13-26(29)36)28-25(31)14-32-27(33-28)11-19-4-5-20-15-35(16-22(20)10-19)23-6-7-34(3)17-23/h4-5,10,12-14,18,23H,6-9,11,15-17H2,1-3H3. The Morgan fingerprint density at radius 3 is 2.68 bits per heavy atom. The lowest BCUT2D eigenvalue weighted by Gasteiger charge is -2.34. The zero-order chi connectivity index (χ0) is 25.7. The first kappa shape index (κ1) is 24.2. The second-order valence-electron chi connectivity index (χ2n) is 10.8. The molecule has 1 saturated heterocycles. The predicted molar refractivity (Wildman–Crippen MR) is 140 cm³/mol. The Morgan fingerprint density at radius 2 is 1.89 bits per heavy atom. The van der Waals surface area contributed by atoms with Crippen LogP contribution in [0.2, 0.25) is 0 Å². The van der Waals surface area contributed by atoms with Crippen molar-refractivity contribution in [3.8, 4) is 17.0 Å². The fraction of sp³-hybridized carbons (Fsp3) is 0.448. The number of hydrogen-bond acceptors (Lipinski definition) is 6. The second kappa shape index (κ2) is 9.65. The number of benzene rings is 2. The first-order valence-corrected chi connectivity index (χ1v) is 13.1. The van der Waals surface area contributed by atoms with E-state index in [1.54, 1.807) is 6.07 Å². The van der Waals surface area contributed by atoms with Crippen LogP contribution >= 0.6 is 0 Å². The minimum absolute atomic E-state index is 0.110. The molecule has 1 unspecified atom stereocenters. The van der Waals surface area contributed by atoms with Crippen LogP contribution in [0.3, 0.4) is 0 Å². The molecule has 4 heterocycles. The molecule has 3 aromatic rings. The van der Waals surface area contributed by atoms with Crippen molar-refractivity contribution in [2.45, 2.75) is 51.9 Å². The zero-order valence-electron chi connectivity index (χ0n) is 21.7. The van der Waals surface area contributed by atoms with Crippen LogP contribution < -0.4 is 9.64 Å². The maximum absolute atomic E-state index is 15.0. The van der Waals surface area contributed by atoms with Crippen molar-refractivity contribution >= 4 is 5.69 Å². The van der Waals surface area contributed by atoms with E-state index in [1.165, 1.54) is 29.8 Å². The van der Waals surface area contributed by atoms with Gasteiger partial charge in [0.2, 0.25) is 0 Å². The summed E-state index contributed by atoms with van der Waals surface area (Å²) in [5, 5.41) is 0. The Labute approximate surface area is 216 Å². The molecule has 0 saturated carbocycles.